The Kier molecular flexibility index (Phi) is 5.16. The van der Waals surface area contributed by atoms with Gasteiger partial charge in [-0.1, -0.05) is 12.1 Å². The van der Waals surface area contributed by atoms with Crippen molar-refractivity contribution >= 4 is 22.2 Å². The monoisotopic (exact) mass is 366 g/mol. The minimum atomic E-state index is -0.221. The van der Waals surface area contributed by atoms with Gasteiger partial charge in [-0.05, 0) is 38.1 Å². The van der Waals surface area contributed by atoms with Crippen molar-refractivity contribution in [2.75, 3.05) is 20.0 Å². The Hall–Kier alpha value is -3.28. The summed E-state index contributed by atoms with van der Waals surface area (Å²) < 4.78 is 16.4. The second kappa shape index (κ2) is 7.53. The van der Waals surface area contributed by atoms with Gasteiger partial charge in [0, 0.05) is 16.3 Å². The number of fused-ring (bicyclic) bond motifs is 1. The van der Waals surface area contributed by atoms with Crippen molar-refractivity contribution < 1.29 is 19.0 Å². The molecule has 3 rings (SSSR count). The maximum absolute atomic E-state index is 13.1. The Balaban J connectivity index is 2.14. The first-order valence-electron chi connectivity index (χ1n) is 8.56. The topological polar surface area (TPSA) is 83.7 Å². The van der Waals surface area contributed by atoms with E-state index in [1.165, 1.54) is 13.3 Å². The molecule has 0 unspecified atom stereocenters. The molecule has 6 heteroatoms. The first-order valence-corrected chi connectivity index (χ1v) is 8.56. The number of hydrogen-bond acceptors (Lipinski definition) is 6. The van der Waals surface area contributed by atoms with Crippen LogP contribution in [0.15, 0.2) is 42.6 Å². The zero-order chi connectivity index (χ0) is 19.6. The number of rotatable bonds is 6. The van der Waals surface area contributed by atoms with Gasteiger partial charge in [0.25, 0.3) is 0 Å². The number of nitrogen functional groups attached to an aromatic ring is 1. The lowest BCUT2D eigenvalue weighted by atomic mass is 10.0. The summed E-state index contributed by atoms with van der Waals surface area (Å²) in [6.45, 7) is 3.87. The fourth-order valence-corrected chi connectivity index (χ4v) is 2.89. The predicted octanol–water partition coefficient (Wildman–Crippen LogP) is 3.85. The lowest BCUT2D eigenvalue weighted by Crippen LogP contribution is -2.09. The molecule has 0 aliphatic heterocycles. The number of ether oxygens (including phenoxy) is 3. The highest BCUT2D eigenvalue weighted by Crippen LogP contribution is 2.36. The zero-order valence-electron chi connectivity index (χ0n) is 15.8. The van der Waals surface area contributed by atoms with Crippen LogP contribution in [0.1, 0.15) is 29.9 Å². The van der Waals surface area contributed by atoms with Gasteiger partial charge in [0.2, 0.25) is 5.78 Å². The third-order valence-electron chi connectivity index (χ3n) is 4.11. The number of hydrogen-bond donors (Lipinski definition) is 1. The van der Waals surface area contributed by atoms with Crippen LogP contribution in [0.2, 0.25) is 0 Å². The van der Waals surface area contributed by atoms with E-state index in [1.807, 2.05) is 19.9 Å². The highest BCUT2D eigenvalue weighted by molar-refractivity contribution is 6.16. The highest BCUT2D eigenvalue weighted by atomic mass is 16.5. The summed E-state index contributed by atoms with van der Waals surface area (Å²) in [7, 11) is 3.09. The molecule has 1 heterocycles. The van der Waals surface area contributed by atoms with Crippen LogP contribution >= 0.6 is 0 Å². The normalized spacial score (nSPS) is 10.9. The Morgan fingerprint density at radius 3 is 2.33 bits per heavy atom. The van der Waals surface area contributed by atoms with E-state index in [0.29, 0.717) is 45.0 Å². The van der Waals surface area contributed by atoms with Gasteiger partial charge in [-0.25, -0.2) is 4.98 Å². The second-order valence-corrected chi connectivity index (χ2v) is 6.34. The minimum absolute atomic E-state index is 0.0163. The molecule has 0 aliphatic rings. The molecule has 0 aliphatic carbocycles. The molecule has 0 saturated carbocycles. The molecule has 0 saturated heterocycles. The molecule has 0 atom stereocenters. The number of carbonyl (C=O) groups is 1. The summed E-state index contributed by atoms with van der Waals surface area (Å²) in [5.74, 6) is 1.45. The lowest BCUT2D eigenvalue weighted by Gasteiger charge is -2.13. The largest absolute Gasteiger partial charge is 0.493 e. The number of carbonyl (C=O) groups excluding carboxylic acids is 1. The van der Waals surface area contributed by atoms with Crippen molar-refractivity contribution in [3.05, 3.63) is 53.9 Å². The molecule has 0 amide bonds. The van der Waals surface area contributed by atoms with Gasteiger partial charge in [0.15, 0.2) is 11.5 Å². The minimum Gasteiger partial charge on any atom is -0.493 e. The first kappa shape index (κ1) is 18.5. The lowest BCUT2D eigenvalue weighted by molar-refractivity contribution is 0.103. The van der Waals surface area contributed by atoms with Crippen molar-refractivity contribution in [1.29, 1.82) is 0 Å². The number of anilines is 1. The van der Waals surface area contributed by atoms with Crippen molar-refractivity contribution in [3.8, 4) is 17.2 Å². The van der Waals surface area contributed by atoms with E-state index in [0.717, 1.165) is 0 Å². The fourth-order valence-electron chi connectivity index (χ4n) is 2.89. The Morgan fingerprint density at radius 1 is 1.04 bits per heavy atom. The van der Waals surface area contributed by atoms with E-state index in [-0.39, 0.29) is 11.9 Å². The molecule has 2 N–H and O–H groups in total. The summed E-state index contributed by atoms with van der Waals surface area (Å²) in [5, 5.41) is 1.29. The van der Waals surface area contributed by atoms with Gasteiger partial charge in [-0.15, -0.1) is 0 Å². The van der Waals surface area contributed by atoms with Crippen LogP contribution < -0.4 is 19.9 Å². The fraction of sp³-hybridized carbons (Fsp3) is 0.238. The predicted molar refractivity (Wildman–Crippen MR) is 105 cm³/mol. The zero-order valence-corrected chi connectivity index (χ0v) is 15.8. The number of aromatic nitrogens is 1. The van der Waals surface area contributed by atoms with Crippen LogP contribution in [-0.2, 0) is 0 Å². The molecule has 0 fully saturated rings. The summed E-state index contributed by atoms with van der Waals surface area (Å²) in [4.78, 5) is 17.4. The molecule has 27 heavy (non-hydrogen) atoms. The van der Waals surface area contributed by atoms with Crippen LogP contribution in [0.4, 0.5) is 5.69 Å². The molecule has 2 aromatic carbocycles. The van der Waals surface area contributed by atoms with E-state index in [1.54, 1.807) is 37.4 Å². The summed E-state index contributed by atoms with van der Waals surface area (Å²) in [5.41, 5.74) is 7.31. The number of ketones is 1. The molecule has 0 radical (unpaired) electrons. The SMILES string of the molecule is COc1cc2c(N)cnc(C(=O)c3cccc(OC(C)C)c3)c2cc1OC. The Morgan fingerprint density at radius 2 is 1.70 bits per heavy atom. The van der Waals surface area contributed by atoms with Gasteiger partial charge >= 0.3 is 0 Å². The third-order valence-corrected chi connectivity index (χ3v) is 4.11. The van der Waals surface area contributed by atoms with Crippen molar-refractivity contribution in [2.24, 2.45) is 0 Å². The molecule has 0 bridgehead atoms. The second-order valence-electron chi connectivity index (χ2n) is 6.34. The van der Waals surface area contributed by atoms with E-state index in [9.17, 15) is 4.79 Å². The van der Waals surface area contributed by atoms with Gasteiger partial charge in [-0.2, -0.15) is 0 Å². The summed E-state index contributed by atoms with van der Waals surface area (Å²) >= 11 is 0. The molecule has 0 spiro atoms. The van der Waals surface area contributed by atoms with Crippen LogP contribution in [0.25, 0.3) is 10.8 Å². The molecule has 6 nitrogen and oxygen atoms in total. The first-order chi connectivity index (χ1) is 12.9. The molecular formula is C21H22N2O4. The molecule has 1 aromatic heterocycles. The number of pyridine rings is 1. The van der Waals surface area contributed by atoms with Gasteiger partial charge in [0.1, 0.15) is 11.4 Å². The van der Waals surface area contributed by atoms with Crippen LogP contribution in [0, 0.1) is 0 Å². The van der Waals surface area contributed by atoms with E-state index >= 15 is 0 Å². The summed E-state index contributed by atoms with van der Waals surface area (Å²) in [6, 6.07) is 10.5. The van der Waals surface area contributed by atoms with Gasteiger partial charge in [-0.3, -0.25) is 4.79 Å². The number of benzene rings is 2. The van der Waals surface area contributed by atoms with E-state index < -0.39 is 0 Å². The number of nitrogens with zero attached hydrogens (tertiary/aromatic N) is 1. The maximum atomic E-state index is 13.1. The third kappa shape index (κ3) is 3.65. The molecular weight excluding hydrogens is 344 g/mol. The molecule has 140 valence electrons. The van der Waals surface area contributed by atoms with Crippen molar-refractivity contribution in [1.82, 2.24) is 4.98 Å². The van der Waals surface area contributed by atoms with Crippen LogP contribution in [0.5, 0.6) is 17.2 Å². The van der Waals surface area contributed by atoms with Crippen molar-refractivity contribution in [2.45, 2.75) is 20.0 Å². The average molecular weight is 366 g/mol. The van der Waals surface area contributed by atoms with Gasteiger partial charge < -0.3 is 19.9 Å². The maximum Gasteiger partial charge on any atom is 0.212 e. The highest BCUT2D eigenvalue weighted by Gasteiger charge is 2.19. The van der Waals surface area contributed by atoms with Gasteiger partial charge in [0.05, 0.1) is 32.2 Å². The number of methoxy groups -OCH3 is 2. The smallest absolute Gasteiger partial charge is 0.212 e. The molecule has 3 aromatic rings. The van der Waals surface area contributed by atoms with Crippen molar-refractivity contribution in [3.63, 3.8) is 0 Å². The number of nitrogens with two attached hydrogens (primary N) is 1. The average Bonchev–Trinajstić information content (AvgIpc) is 2.66. The summed E-state index contributed by atoms with van der Waals surface area (Å²) in [6.07, 6.45) is 1.50. The van der Waals surface area contributed by atoms with Crippen LogP contribution in [-0.4, -0.2) is 31.1 Å². The Bertz CT molecular complexity index is 999. The van der Waals surface area contributed by atoms with Crippen LogP contribution in [0.3, 0.4) is 0 Å². The standard InChI is InChI=1S/C21H22N2O4/c1-12(2)27-14-7-5-6-13(8-14)21(24)20-16-10-19(26-4)18(25-3)9-15(16)17(22)11-23-20/h5-12H,22H2,1-4H3. The van der Waals surface area contributed by atoms with E-state index in [4.69, 9.17) is 19.9 Å². The Labute approximate surface area is 157 Å². The quantitative estimate of drug-likeness (QED) is 0.667. The van der Waals surface area contributed by atoms with E-state index in [2.05, 4.69) is 4.98 Å².